The summed E-state index contributed by atoms with van der Waals surface area (Å²) in [7, 11) is 1.81. The summed E-state index contributed by atoms with van der Waals surface area (Å²) < 4.78 is 10.9. The Morgan fingerprint density at radius 1 is 1.22 bits per heavy atom. The Kier molecular flexibility index (Phi) is 3.87. The summed E-state index contributed by atoms with van der Waals surface area (Å²) in [6, 6.07) is 5.19. The lowest BCUT2D eigenvalue weighted by molar-refractivity contribution is 0.0921. The van der Waals surface area contributed by atoms with Crippen LogP contribution in [0.2, 0.25) is 0 Å². The highest BCUT2D eigenvalue weighted by molar-refractivity contribution is 6.00. The third kappa shape index (κ3) is 2.48. The molecular formula is C14H19NO3. The van der Waals surface area contributed by atoms with E-state index in [2.05, 4.69) is 5.32 Å². The van der Waals surface area contributed by atoms with Gasteiger partial charge in [0, 0.05) is 5.56 Å². The fourth-order valence-corrected chi connectivity index (χ4v) is 2.14. The minimum atomic E-state index is -0.174. The lowest BCUT2D eigenvalue weighted by Gasteiger charge is -2.21. The van der Waals surface area contributed by atoms with Crippen molar-refractivity contribution >= 4 is 5.78 Å². The smallest absolute Gasteiger partial charge is 0.180 e. The minimum Gasteiger partial charge on any atom is -0.486 e. The molecule has 0 saturated heterocycles. The third-order valence-electron chi connectivity index (χ3n) is 3.09. The number of hydrogen-bond donors (Lipinski definition) is 1. The van der Waals surface area contributed by atoms with Crippen molar-refractivity contribution in [2.24, 2.45) is 5.92 Å². The number of ketones is 1. The van der Waals surface area contributed by atoms with Crippen molar-refractivity contribution in [2.45, 2.75) is 19.9 Å². The van der Waals surface area contributed by atoms with Crippen LogP contribution < -0.4 is 14.8 Å². The molecule has 1 aromatic carbocycles. The first-order valence-corrected chi connectivity index (χ1v) is 6.24. The molecule has 1 N–H and O–H groups in total. The Bertz CT molecular complexity index is 443. The summed E-state index contributed by atoms with van der Waals surface area (Å²) in [4.78, 5) is 12.3. The molecule has 1 aromatic rings. The maximum Gasteiger partial charge on any atom is 0.180 e. The summed E-state index contributed by atoms with van der Waals surface area (Å²) in [6.07, 6.45) is 0. The monoisotopic (exact) mass is 249 g/mol. The highest BCUT2D eigenvalue weighted by atomic mass is 16.6. The lowest BCUT2D eigenvalue weighted by Crippen LogP contribution is -2.38. The van der Waals surface area contributed by atoms with E-state index in [-0.39, 0.29) is 17.7 Å². The standard InChI is InChI=1S/C14H19NO3/c1-9(2)13(15-3)14(16)10-4-5-11-12(8-10)18-7-6-17-11/h4-5,8-9,13,15H,6-7H2,1-3H3. The lowest BCUT2D eigenvalue weighted by atomic mass is 9.95. The van der Waals surface area contributed by atoms with Crippen LogP contribution in [0.25, 0.3) is 0 Å². The number of Topliss-reactive ketones (excluding diaryl/α,β-unsaturated/α-hetero) is 1. The largest absolute Gasteiger partial charge is 0.486 e. The molecule has 0 radical (unpaired) electrons. The molecule has 1 heterocycles. The quantitative estimate of drug-likeness (QED) is 0.828. The molecule has 18 heavy (non-hydrogen) atoms. The number of hydrogen-bond acceptors (Lipinski definition) is 4. The molecule has 1 aliphatic rings. The Labute approximate surface area is 107 Å². The van der Waals surface area contributed by atoms with Crippen molar-refractivity contribution in [3.05, 3.63) is 23.8 Å². The molecule has 0 bridgehead atoms. The molecule has 2 rings (SSSR count). The predicted octanol–water partition coefficient (Wildman–Crippen LogP) is 1.88. The number of carbonyl (C=O) groups excluding carboxylic acids is 1. The van der Waals surface area contributed by atoms with E-state index in [0.29, 0.717) is 30.3 Å². The molecule has 0 aromatic heterocycles. The van der Waals surface area contributed by atoms with Crippen molar-refractivity contribution in [3.63, 3.8) is 0 Å². The van der Waals surface area contributed by atoms with E-state index in [4.69, 9.17) is 9.47 Å². The summed E-state index contributed by atoms with van der Waals surface area (Å²) in [5.74, 6) is 1.70. The summed E-state index contributed by atoms with van der Waals surface area (Å²) in [5.41, 5.74) is 0.660. The average molecular weight is 249 g/mol. The van der Waals surface area contributed by atoms with Gasteiger partial charge in [0.25, 0.3) is 0 Å². The van der Waals surface area contributed by atoms with Gasteiger partial charge >= 0.3 is 0 Å². The summed E-state index contributed by atoms with van der Waals surface area (Å²) in [5, 5.41) is 3.06. The van der Waals surface area contributed by atoms with E-state index >= 15 is 0 Å². The van der Waals surface area contributed by atoms with Gasteiger partial charge in [-0.1, -0.05) is 13.8 Å². The maximum absolute atomic E-state index is 12.3. The van der Waals surface area contributed by atoms with E-state index < -0.39 is 0 Å². The number of ether oxygens (including phenoxy) is 2. The SMILES string of the molecule is CNC(C(=O)c1ccc2c(c1)OCCO2)C(C)C. The van der Waals surface area contributed by atoms with Crippen LogP contribution in [0.4, 0.5) is 0 Å². The van der Waals surface area contributed by atoms with Gasteiger partial charge in [-0.15, -0.1) is 0 Å². The van der Waals surface area contributed by atoms with Gasteiger partial charge in [0.2, 0.25) is 0 Å². The number of rotatable bonds is 4. The Morgan fingerprint density at radius 3 is 2.50 bits per heavy atom. The Morgan fingerprint density at radius 2 is 1.89 bits per heavy atom. The first kappa shape index (κ1) is 12.9. The number of fused-ring (bicyclic) bond motifs is 1. The Hall–Kier alpha value is -1.55. The first-order chi connectivity index (χ1) is 8.63. The van der Waals surface area contributed by atoms with E-state index in [9.17, 15) is 4.79 Å². The van der Waals surface area contributed by atoms with Crippen LogP contribution in [0, 0.1) is 5.92 Å². The predicted molar refractivity (Wildman–Crippen MR) is 69.4 cm³/mol. The number of carbonyl (C=O) groups is 1. The third-order valence-corrected chi connectivity index (χ3v) is 3.09. The fourth-order valence-electron chi connectivity index (χ4n) is 2.14. The van der Waals surface area contributed by atoms with Crippen molar-refractivity contribution in [2.75, 3.05) is 20.3 Å². The summed E-state index contributed by atoms with van der Waals surface area (Å²) >= 11 is 0. The molecule has 1 aliphatic heterocycles. The molecular weight excluding hydrogens is 230 g/mol. The molecule has 0 spiro atoms. The zero-order chi connectivity index (χ0) is 13.1. The van der Waals surface area contributed by atoms with Gasteiger partial charge in [0.15, 0.2) is 17.3 Å². The maximum atomic E-state index is 12.3. The van der Waals surface area contributed by atoms with E-state index in [1.807, 2.05) is 13.8 Å². The minimum absolute atomic E-state index is 0.0875. The number of nitrogens with one attached hydrogen (secondary N) is 1. The highest BCUT2D eigenvalue weighted by Crippen LogP contribution is 2.31. The van der Waals surface area contributed by atoms with Gasteiger partial charge in [-0.05, 0) is 31.2 Å². The zero-order valence-electron chi connectivity index (χ0n) is 11.0. The zero-order valence-corrected chi connectivity index (χ0v) is 11.0. The highest BCUT2D eigenvalue weighted by Gasteiger charge is 2.23. The van der Waals surface area contributed by atoms with E-state index in [0.717, 1.165) is 0 Å². The second-order valence-corrected chi connectivity index (χ2v) is 4.73. The van der Waals surface area contributed by atoms with Crippen LogP contribution in [-0.2, 0) is 0 Å². The van der Waals surface area contributed by atoms with E-state index in [1.54, 1.807) is 25.2 Å². The van der Waals surface area contributed by atoms with Gasteiger partial charge < -0.3 is 14.8 Å². The van der Waals surface area contributed by atoms with Crippen LogP contribution in [-0.4, -0.2) is 32.1 Å². The molecule has 0 fully saturated rings. The molecule has 0 saturated carbocycles. The van der Waals surface area contributed by atoms with Gasteiger partial charge in [0.1, 0.15) is 13.2 Å². The molecule has 4 nitrogen and oxygen atoms in total. The topological polar surface area (TPSA) is 47.6 Å². The van der Waals surface area contributed by atoms with Crippen molar-refractivity contribution in [3.8, 4) is 11.5 Å². The van der Waals surface area contributed by atoms with Crippen molar-refractivity contribution in [1.29, 1.82) is 0 Å². The molecule has 98 valence electrons. The van der Waals surface area contributed by atoms with Gasteiger partial charge in [0.05, 0.1) is 6.04 Å². The van der Waals surface area contributed by atoms with Gasteiger partial charge in [-0.25, -0.2) is 0 Å². The second kappa shape index (κ2) is 5.40. The number of likely N-dealkylation sites (N-methyl/N-ethyl adjacent to an activating group) is 1. The van der Waals surface area contributed by atoms with Gasteiger partial charge in [-0.3, -0.25) is 4.79 Å². The first-order valence-electron chi connectivity index (χ1n) is 6.24. The van der Waals surface area contributed by atoms with Crippen LogP contribution in [0.15, 0.2) is 18.2 Å². The molecule has 0 aliphatic carbocycles. The normalized spacial score (nSPS) is 15.6. The second-order valence-electron chi connectivity index (χ2n) is 4.73. The number of benzene rings is 1. The molecule has 1 unspecified atom stereocenters. The fraction of sp³-hybridized carbons (Fsp3) is 0.500. The van der Waals surface area contributed by atoms with Crippen molar-refractivity contribution < 1.29 is 14.3 Å². The molecule has 1 atom stereocenters. The van der Waals surface area contributed by atoms with Crippen LogP contribution in [0.3, 0.4) is 0 Å². The summed E-state index contributed by atoms with van der Waals surface area (Å²) in [6.45, 7) is 5.14. The average Bonchev–Trinajstić information content (AvgIpc) is 2.38. The van der Waals surface area contributed by atoms with Gasteiger partial charge in [-0.2, -0.15) is 0 Å². The van der Waals surface area contributed by atoms with Crippen LogP contribution in [0.1, 0.15) is 24.2 Å². The van der Waals surface area contributed by atoms with Crippen LogP contribution >= 0.6 is 0 Å². The molecule has 0 amide bonds. The Balaban J connectivity index is 2.25. The van der Waals surface area contributed by atoms with Crippen LogP contribution in [0.5, 0.6) is 11.5 Å². The molecule has 4 heteroatoms. The van der Waals surface area contributed by atoms with Crippen molar-refractivity contribution in [1.82, 2.24) is 5.32 Å². The van der Waals surface area contributed by atoms with E-state index in [1.165, 1.54) is 0 Å².